The van der Waals surface area contributed by atoms with Crippen LogP contribution in [-0.4, -0.2) is 32.2 Å². The van der Waals surface area contributed by atoms with Gasteiger partial charge in [-0.3, -0.25) is 4.79 Å². The Morgan fingerprint density at radius 1 is 1.47 bits per heavy atom. The van der Waals surface area contributed by atoms with Gasteiger partial charge in [0.2, 0.25) is 5.91 Å². The molecule has 1 aliphatic rings. The van der Waals surface area contributed by atoms with Crippen molar-refractivity contribution in [1.29, 1.82) is 0 Å². The normalized spacial score (nSPS) is 18.1. The number of hydrogen-bond donors (Lipinski definition) is 2. The van der Waals surface area contributed by atoms with Gasteiger partial charge in [0.1, 0.15) is 0 Å². The zero-order valence-electron chi connectivity index (χ0n) is 11.4. The molecule has 0 bridgehead atoms. The van der Waals surface area contributed by atoms with Gasteiger partial charge in [0.15, 0.2) is 11.5 Å². The van der Waals surface area contributed by atoms with Gasteiger partial charge in [-0.2, -0.15) is 0 Å². The molecule has 1 aliphatic heterocycles. The van der Waals surface area contributed by atoms with Crippen molar-refractivity contribution in [3.63, 3.8) is 0 Å². The molecule has 2 rings (SSSR count). The summed E-state index contributed by atoms with van der Waals surface area (Å²) >= 11 is 0. The second-order valence-corrected chi connectivity index (χ2v) is 4.44. The number of methoxy groups -OCH3 is 1. The minimum Gasteiger partial charge on any atom is -0.493 e. The summed E-state index contributed by atoms with van der Waals surface area (Å²) in [6.45, 7) is 3.40. The number of hydrogen-bond acceptors (Lipinski definition) is 4. The molecular formula is C14H20N2O3. The van der Waals surface area contributed by atoms with Crippen molar-refractivity contribution in [1.82, 2.24) is 5.32 Å². The van der Waals surface area contributed by atoms with E-state index >= 15 is 0 Å². The number of carbonyl (C=O) groups is 1. The fraction of sp³-hybridized carbons (Fsp3) is 0.500. The Bertz CT molecular complexity index is 442. The minimum atomic E-state index is -0.0856. The van der Waals surface area contributed by atoms with Crippen molar-refractivity contribution in [2.24, 2.45) is 0 Å². The van der Waals surface area contributed by atoms with E-state index in [1.54, 1.807) is 19.2 Å². The van der Waals surface area contributed by atoms with Crippen LogP contribution in [0.2, 0.25) is 0 Å². The second kappa shape index (κ2) is 6.43. The smallest absolute Gasteiger partial charge is 0.241 e. The molecule has 104 valence electrons. The first kappa shape index (κ1) is 13.7. The van der Waals surface area contributed by atoms with E-state index < -0.39 is 0 Å². The van der Waals surface area contributed by atoms with Gasteiger partial charge in [-0.25, -0.2) is 0 Å². The molecule has 1 aromatic rings. The highest BCUT2D eigenvalue weighted by atomic mass is 16.5. The lowest BCUT2D eigenvalue weighted by Gasteiger charge is -2.14. The third kappa shape index (κ3) is 3.38. The van der Waals surface area contributed by atoms with E-state index in [9.17, 15) is 4.79 Å². The molecule has 1 atom stereocenters. The van der Waals surface area contributed by atoms with Crippen molar-refractivity contribution in [2.75, 3.05) is 25.6 Å². The Hall–Kier alpha value is -1.75. The summed E-state index contributed by atoms with van der Waals surface area (Å²) in [5, 5.41) is 6.06. The van der Waals surface area contributed by atoms with Crippen molar-refractivity contribution >= 4 is 11.6 Å². The van der Waals surface area contributed by atoms with Crippen LogP contribution in [-0.2, 0) is 4.79 Å². The standard InChI is InChI=1S/C14H20N2O3/c1-3-19-12-7-6-10(9-13(12)18-2)16-14(17)11-5-4-8-15-11/h6-7,9,11,15H,3-5,8H2,1-2H3,(H,16,17)/t11-/m0/s1. The lowest BCUT2D eigenvalue weighted by molar-refractivity contribution is -0.117. The van der Waals surface area contributed by atoms with Crippen LogP contribution < -0.4 is 20.1 Å². The zero-order valence-corrected chi connectivity index (χ0v) is 11.4. The predicted octanol–water partition coefficient (Wildman–Crippen LogP) is 1.78. The minimum absolute atomic E-state index is 0.00344. The third-order valence-electron chi connectivity index (χ3n) is 3.11. The molecule has 1 fully saturated rings. The highest BCUT2D eigenvalue weighted by Crippen LogP contribution is 2.30. The fourth-order valence-electron chi connectivity index (χ4n) is 2.16. The highest BCUT2D eigenvalue weighted by Gasteiger charge is 2.22. The Balaban J connectivity index is 2.05. The maximum absolute atomic E-state index is 12.0. The summed E-state index contributed by atoms with van der Waals surface area (Å²) in [5.41, 5.74) is 0.721. The Kier molecular flexibility index (Phi) is 4.63. The van der Waals surface area contributed by atoms with Crippen LogP contribution in [0.3, 0.4) is 0 Å². The van der Waals surface area contributed by atoms with E-state index in [2.05, 4.69) is 10.6 Å². The van der Waals surface area contributed by atoms with E-state index in [1.165, 1.54) is 0 Å². The van der Waals surface area contributed by atoms with Crippen molar-refractivity contribution < 1.29 is 14.3 Å². The number of ether oxygens (including phenoxy) is 2. The lowest BCUT2D eigenvalue weighted by Crippen LogP contribution is -2.35. The van der Waals surface area contributed by atoms with Crippen LogP contribution in [0, 0.1) is 0 Å². The summed E-state index contributed by atoms with van der Waals surface area (Å²) in [6, 6.07) is 5.32. The molecule has 1 heterocycles. The molecule has 19 heavy (non-hydrogen) atoms. The maximum Gasteiger partial charge on any atom is 0.241 e. The molecule has 5 heteroatoms. The van der Waals surface area contributed by atoms with Gasteiger partial charge >= 0.3 is 0 Å². The summed E-state index contributed by atoms with van der Waals surface area (Å²) in [4.78, 5) is 12.0. The quantitative estimate of drug-likeness (QED) is 0.851. The molecule has 1 aromatic carbocycles. The SMILES string of the molecule is CCOc1ccc(NC(=O)[C@@H]2CCCN2)cc1OC. The Labute approximate surface area is 113 Å². The summed E-state index contributed by atoms with van der Waals surface area (Å²) < 4.78 is 10.7. The number of carbonyl (C=O) groups excluding carboxylic acids is 1. The number of benzene rings is 1. The van der Waals surface area contributed by atoms with Crippen LogP contribution in [0.15, 0.2) is 18.2 Å². The molecule has 5 nitrogen and oxygen atoms in total. The van der Waals surface area contributed by atoms with Crippen LogP contribution in [0.4, 0.5) is 5.69 Å². The van der Waals surface area contributed by atoms with Gasteiger partial charge in [0, 0.05) is 11.8 Å². The van der Waals surface area contributed by atoms with Crippen LogP contribution >= 0.6 is 0 Å². The van der Waals surface area contributed by atoms with Crippen LogP contribution in [0.25, 0.3) is 0 Å². The topological polar surface area (TPSA) is 59.6 Å². The molecule has 0 aliphatic carbocycles. The van der Waals surface area contributed by atoms with Gasteiger partial charge < -0.3 is 20.1 Å². The molecule has 1 saturated heterocycles. The first-order valence-corrected chi connectivity index (χ1v) is 6.59. The van der Waals surface area contributed by atoms with E-state index in [-0.39, 0.29) is 11.9 Å². The van der Waals surface area contributed by atoms with E-state index in [0.717, 1.165) is 25.1 Å². The molecule has 2 N–H and O–H groups in total. The molecule has 0 unspecified atom stereocenters. The maximum atomic E-state index is 12.0. The summed E-state index contributed by atoms with van der Waals surface area (Å²) in [5.74, 6) is 1.31. The van der Waals surface area contributed by atoms with Crippen LogP contribution in [0.5, 0.6) is 11.5 Å². The summed E-state index contributed by atoms with van der Waals surface area (Å²) in [7, 11) is 1.59. The Morgan fingerprint density at radius 3 is 2.95 bits per heavy atom. The number of nitrogens with one attached hydrogen (secondary N) is 2. The number of anilines is 1. The van der Waals surface area contributed by atoms with Gasteiger partial charge in [-0.15, -0.1) is 0 Å². The molecule has 0 radical (unpaired) electrons. The molecule has 0 saturated carbocycles. The third-order valence-corrected chi connectivity index (χ3v) is 3.11. The van der Waals surface area contributed by atoms with E-state index in [1.807, 2.05) is 13.0 Å². The first-order chi connectivity index (χ1) is 9.24. The van der Waals surface area contributed by atoms with Gasteiger partial charge in [-0.05, 0) is 38.4 Å². The van der Waals surface area contributed by atoms with Crippen molar-refractivity contribution in [3.05, 3.63) is 18.2 Å². The molecule has 1 amide bonds. The summed E-state index contributed by atoms with van der Waals surface area (Å²) in [6.07, 6.45) is 1.94. The van der Waals surface area contributed by atoms with E-state index in [4.69, 9.17) is 9.47 Å². The Morgan fingerprint density at radius 2 is 2.32 bits per heavy atom. The van der Waals surface area contributed by atoms with E-state index in [0.29, 0.717) is 18.1 Å². The average Bonchev–Trinajstić information content (AvgIpc) is 2.94. The lowest BCUT2D eigenvalue weighted by atomic mass is 10.2. The van der Waals surface area contributed by atoms with Gasteiger partial charge in [0.25, 0.3) is 0 Å². The average molecular weight is 264 g/mol. The predicted molar refractivity (Wildman–Crippen MR) is 73.8 cm³/mol. The van der Waals surface area contributed by atoms with Gasteiger partial charge in [-0.1, -0.05) is 0 Å². The number of amides is 1. The highest BCUT2D eigenvalue weighted by molar-refractivity contribution is 5.95. The van der Waals surface area contributed by atoms with Gasteiger partial charge in [0.05, 0.1) is 19.8 Å². The molecule has 0 aromatic heterocycles. The van der Waals surface area contributed by atoms with Crippen LogP contribution in [0.1, 0.15) is 19.8 Å². The molecule has 0 spiro atoms. The largest absolute Gasteiger partial charge is 0.493 e. The monoisotopic (exact) mass is 264 g/mol. The van der Waals surface area contributed by atoms with Crippen molar-refractivity contribution in [2.45, 2.75) is 25.8 Å². The first-order valence-electron chi connectivity index (χ1n) is 6.59. The number of rotatable bonds is 5. The zero-order chi connectivity index (χ0) is 13.7. The fourth-order valence-corrected chi connectivity index (χ4v) is 2.16. The second-order valence-electron chi connectivity index (χ2n) is 4.44. The molecular weight excluding hydrogens is 244 g/mol. The van der Waals surface area contributed by atoms with Crippen molar-refractivity contribution in [3.8, 4) is 11.5 Å².